The molecule has 0 aliphatic rings. The van der Waals surface area contributed by atoms with Gasteiger partial charge in [0, 0.05) is 4.47 Å². The minimum absolute atomic E-state index is 0.0891. The van der Waals surface area contributed by atoms with E-state index in [9.17, 15) is 18.8 Å². The molecule has 2 N–H and O–H groups in total. The second-order valence-corrected chi connectivity index (χ2v) is 4.64. The lowest BCUT2D eigenvalue weighted by molar-refractivity contribution is -0.138. The minimum atomic E-state index is -1.43. The Balaban J connectivity index is 3.39. The average Bonchev–Trinajstić information content (AvgIpc) is 2.48. The Kier molecular flexibility index (Phi) is 6.05. The van der Waals surface area contributed by atoms with Crippen LogP contribution in [-0.4, -0.2) is 37.2 Å². The molecule has 0 radical (unpaired) electrons. The van der Waals surface area contributed by atoms with Crippen LogP contribution in [0.3, 0.4) is 0 Å². The van der Waals surface area contributed by atoms with Gasteiger partial charge in [0.25, 0.3) is 0 Å². The summed E-state index contributed by atoms with van der Waals surface area (Å²) in [4.78, 5) is 34.1. The van der Waals surface area contributed by atoms with Crippen molar-refractivity contribution >= 4 is 39.5 Å². The zero-order chi connectivity index (χ0) is 16.9. The lowest BCUT2D eigenvalue weighted by Crippen LogP contribution is -2.18. The van der Waals surface area contributed by atoms with E-state index in [0.29, 0.717) is 0 Å². The van der Waals surface area contributed by atoms with Crippen molar-refractivity contribution in [3.05, 3.63) is 39.8 Å². The molecule has 0 saturated heterocycles. The van der Waals surface area contributed by atoms with Crippen LogP contribution in [0, 0.1) is 5.82 Å². The first kappa shape index (κ1) is 17.6. The van der Waals surface area contributed by atoms with Gasteiger partial charge < -0.3 is 19.9 Å². The quantitative estimate of drug-likeness (QED) is 0.598. The number of aromatic carboxylic acids is 1. The maximum absolute atomic E-state index is 13.9. The summed E-state index contributed by atoms with van der Waals surface area (Å²) >= 11 is 2.98. The molecule has 0 spiro atoms. The molecular weight excluding hydrogens is 365 g/mol. The van der Waals surface area contributed by atoms with Crippen molar-refractivity contribution in [1.29, 1.82) is 0 Å². The summed E-state index contributed by atoms with van der Waals surface area (Å²) in [7, 11) is 2.13. The Morgan fingerprint density at radius 2 is 1.91 bits per heavy atom. The topological polar surface area (TPSA) is 102 Å². The first-order chi connectivity index (χ1) is 10.3. The highest BCUT2D eigenvalue weighted by atomic mass is 79.9. The summed E-state index contributed by atoms with van der Waals surface area (Å²) in [6, 6.07) is 2.19. The molecule has 0 aliphatic heterocycles. The highest BCUT2D eigenvalue weighted by molar-refractivity contribution is 9.10. The zero-order valence-electron chi connectivity index (χ0n) is 11.5. The third-order valence-electron chi connectivity index (χ3n) is 2.45. The van der Waals surface area contributed by atoms with Gasteiger partial charge in [-0.25, -0.2) is 18.8 Å². The van der Waals surface area contributed by atoms with Gasteiger partial charge in [0.05, 0.1) is 26.0 Å². The van der Waals surface area contributed by atoms with E-state index in [4.69, 9.17) is 5.11 Å². The first-order valence-corrected chi connectivity index (χ1v) is 6.47. The number of hydrogen-bond donors (Lipinski definition) is 2. The predicted octanol–water partition coefficient (Wildman–Crippen LogP) is 1.93. The Labute approximate surface area is 132 Å². The number of anilines is 1. The van der Waals surface area contributed by atoms with E-state index in [-0.39, 0.29) is 4.47 Å². The first-order valence-electron chi connectivity index (χ1n) is 5.68. The van der Waals surface area contributed by atoms with Crippen molar-refractivity contribution in [2.45, 2.75) is 0 Å². The molecule has 0 amide bonds. The molecule has 22 heavy (non-hydrogen) atoms. The summed E-state index contributed by atoms with van der Waals surface area (Å²) in [5.41, 5.74) is -1.42. The van der Waals surface area contributed by atoms with Crippen molar-refractivity contribution in [2.24, 2.45) is 0 Å². The molecule has 0 fully saturated rings. The van der Waals surface area contributed by atoms with Crippen LogP contribution in [0.25, 0.3) is 0 Å². The van der Waals surface area contributed by atoms with Gasteiger partial charge in [-0.15, -0.1) is 0 Å². The molecule has 118 valence electrons. The fraction of sp³-hybridized carbons (Fsp3) is 0.154. The van der Waals surface area contributed by atoms with E-state index >= 15 is 0 Å². The van der Waals surface area contributed by atoms with E-state index in [1.165, 1.54) is 6.07 Å². The number of esters is 2. The Morgan fingerprint density at radius 3 is 2.41 bits per heavy atom. The van der Waals surface area contributed by atoms with Gasteiger partial charge in [0.15, 0.2) is 0 Å². The molecule has 0 saturated carbocycles. The predicted molar refractivity (Wildman–Crippen MR) is 76.8 cm³/mol. The summed E-state index contributed by atoms with van der Waals surface area (Å²) < 4.78 is 22.8. The van der Waals surface area contributed by atoms with Crippen molar-refractivity contribution in [3.63, 3.8) is 0 Å². The lowest BCUT2D eigenvalue weighted by Gasteiger charge is -2.13. The maximum atomic E-state index is 13.9. The van der Waals surface area contributed by atoms with Crippen LogP contribution >= 0.6 is 15.9 Å². The smallest absolute Gasteiger partial charge is 0.354 e. The van der Waals surface area contributed by atoms with Gasteiger partial charge in [0.1, 0.15) is 17.1 Å². The van der Waals surface area contributed by atoms with E-state index in [2.05, 4.69) is 30.7 Å². The molecule has 1 aromatic carbocycles. The van der Waals surface area contributed by atoms with Crippen LogP contribution in [0.2, 0.25) is 0 Å². The minimum Gasteiger partial charge on any atom is -0.478 e. The van der Waals surface area contributed by atoms with Crippen LogP contribution in [0.15, 0.2) is 28.4 Å². The molecular formula is C13H11BrFNO6. The molecule has 0 atom stereocenters. The van der Waals surface area contributed by atoms with Crippen molar-refractivity contribution in [2.75, 3.05) is 19.5 Å². The molecule has 7 nitrogen and oxygen atoms in total. The third kappa shape index (κ3) is 4.04. The summed E-state index contributed by atoms with van der Waals surface area (Å²) in [6.07, 6.45) is 0.720. The Morgan fingerprint density at radius 1 is 1.27 bits per heavy atom. The standard InChI is InChI=1S/C13H11BrFNO6/c1-21-9(17)5-8(13(20)22-2)16-11-7(15)4-3-6(14)10(11)12(18)19/h3-5,16H,1-2H3,(H,18,19)/b8-5+. The summed E-state index contributed by atoms with van der Waals surface area (Å²) in [5, 5.41) is 11.4. The van der Waals surface area contributed by atoms with Crippen LogP contribution in [-0.2, 0) is 19.1 Å². The van der Waals surface area contributed by atoms with Crippen LogP contribution in [0.1, 0.15) is 10.4 Å². The van der Waals surface area contributed by atoms with Gasteiger partial charge in [-0.05, 0) is 28.1 Å². The number of nitrogens with one attached hydrogen (secondary N) is 1. The fourth-order valence-corrected chi connectivity index (χ4v) is 1.95. The molecule has 1 aromatic rings. The SMILES string of the molecule is COC(=O)/C=C(/Nc1c(F)ccc(Br)c1C(=O)O)C(=O)OC. The van der Waals surface area contributed by atoms with E-state index in [0.717, 1.165) is 26.4 Å². The van der Waals surface area contributed by atoms with E-state index < -0.39 is 40.7 Å². The number of carbonyl (C=O) groups is 3. The van der Waals surface area contributed by atoms with Crippen LogP contribution < -0.4 is 5.32 Å². The molecule has 0 aliphatic carbocycles. The second kappa shape index (κ2) is 7.55. The monoisotopic (exact) mass is 375 g/mol. The normalized spacial score (nSPS) is 10.8. The Bertz CT molecular complexity index is 658. The number of ether oxygens (including phenoxy) is 2. The summed E-state index contributed by atoms with van der Waals surface area (Å²) in [6.45, 7) is 0. The van der Waals surface area contributed by atoms with Gasteiger partial charge in [-0.1, -0.05) is 0 Å². The summed E-state index contributed by atoms with van der Waals surface area (Å²) in [5.74, 6) is -4.27. The maximum Gasteiger partial charge on any atom is 0.354 e. The van der Waals surface area contributed by atoms with Gasteiger partial charge in [-0.3, -0.25) is 0 Å². The third-order valence-corrected chi connectivity index (χ3v) is 3.11. The fourth-order valence-electron chi connectivity index (χ4n) is 1.45. The van der Waals surface area contributed by atoms with Gasteiger partial charge >= 0.3 is 17.9 Å². The second-order valence-electron chi connectivity index (χ2n) is 3.78. The lowest BCUT2D eigenvalue weighted by atomic mass is 10.1. The van der Waals surface area contributed by atoms with Crippen LogP contribution in [0.5, 0.6) is 0 Å². The molecule has 0 bridgehead atoms. The van der Waals surface area contributed by atoms with Gasteiger partial charge in [0.2, 0.25) is 0 Å². The number of carboxylic acid groups (broad SMARTS) is 1. The Hall–Kier alpha value is -2.42. The van der Waals surface area contributed by atoms with E-state index in [1.54, 1.807) is 0 Å². The average molecular weight is 376 g/mol. The molecule has 0 unspecified atom stereocenters. The van der Waals surface area contributed by atoms with Crippen molar-refractivity contribution in [1.82, 2.24) is 0 Å². The number of rotatable bonds is 5. The van der Waals surface area contributed by atoms with Crippen molar-refractivity contribution in [3.8, 4) is 0 Å². The number of halogens is 2. The van der Waals surface area contributed by atoms with Gasteiger partial charge in [-0.2, -0.15) is 0 Å². The molecule has 0 heterocycles. The number of carbonyl (C=O) groups excluding carboxylic acids is 2. The number of benzene rings is 1. The highest BCUT2D eigenvalue weighted by Gasteiger charge is 2.22. The van der Waals surface area contributed by atoms with Crippen molar-refractivity contribution < 1.29 is 33.4 Å². The number of hydrogen-bond acceptors (Lipinski definition) is 6. The van der Waals surface area contributed by atoms with E-state index in [1.807, 2.05) is 0 Å². The number of methoxy groups -OCH3 is 2. The molecule has 9 heteroatoms. The molecule has 0 aromatic heterocycles. The number of carboxylic acids is 1. The van der Waals surface area contributed by atoms with Crippen LogP contribution in [0.4, 0.5) is 10.1 Å². The highest BCUT2D eigenvalue weighted by Crippen LogP contribution is 2.29. The molecule has 1 rings (SSSR count). The zero-order valence-corrected chi connectivity index (χ0v) is 13.1. The largest absolute Gasteiger partial charge is 0.478 e.